The molecule has 1 aliphatic heterocycles. The van der Waals surface area contributed by atoms with Crippen molar-refractivity contribution in [1.29, 1.82) is 0 Å². The second-order valence-corrected chi connectivity index (χ2v) is 4.14. The minimum Gasteiger partial charge on any atom is -0.386 e. The molecule has 88 valence electrons. The lowest BCUT2D eigenvalue weighted by Crippen LogP contribution is -2.49. The first-order chi connectivity index (χ1) is 8.09. The molecule has 1 heterocycles. The first-order valence-electron chi connectivity index (χ1n) is 5.08. The molecular weight excluding hydrogens is 236 g/mol. The van der Waals surface area contributed by atoms with Crippen LogP contribution >= 0.6 is 12.2 Å². The van der Waals surface area contributed by atoms with Gasteiger partial charge in [0.15, 0.2) is 5.11 Å². The third kappa shape index (κ3) is 2.26. The number of primary amides is 1. The molecule has 1 aliphatic rings. The zero-order valence-corrected chi connectivity index (χ0v) is 9.78. The molecule has 1 amide bonds. The van der Waals surface area contributed by atoms with Crippen LogP contribution in [0.25, 0.3) is 0 Å². The summed E-state index contributed by atoms with van der Waals surface area (Å²) in [5, 5.41) is 3.23. The zero-order chi connectivity index (χ0) is 12.4. The first-order valence-corrected chi connectivity index (χ1v) is 5.49. The Morgan fingerprint density at radius 1 is 1.35 bits per heavy atom. The Morgan fingerprint density at radius 3 is 2.59 bits per heavy atom. The van der Waals surface area contributed by atoms with Gasteiger partial charge in [-0.15, -0.1) is 0 Å². The van der Waals surface area contributed by atoms with Crippen molar-refractivity contribution in [3.8, 4) is 0 Å². The number of hydrogen-bond acceptors (Lipinski definition) is 3. The van der Waals surface area contributed by atoms with Crippen LogP contribution in [0, 0.1) is 5.92 Å². The maximum Gasteiger partial charge on any atom is 0.230 e. The molecule has 0 aromatic heterocycles. The van der Waals surface area contributed by atoms with Crippen molar-refractivity contribution in [1.82, 2.24) is 5.32 Å². The number of carbonyl (C=O) groups is 1. The summed E-state index contributed by atoms with van der Waals surface area (Å²) in [4.78, 5) is 15.3. The number of thiocarbonyl (C=S) groups is 1. The molecule has 0 saturated carbocycles. The van der Waals surface area contributed by atoms with Crippen molar-refractivity contribution in [2.75, 3.05) is 0 Å². The molecule has 6 heteroatoms. The lowest BCUT2D eigenvalue weighted by atomic mass is 9.90. The van der Waals surface area contributed by atoms with E-state index in [0.29, 0.717) is 0 Å². The van der Waals surface area contributed by atoms with E-state index in [9.17, 15) is 4.79 Å². The van der Waals surface area contributed by atoms with Crippen molar-refractivity contribution in [3.05, 3.63) is 35.9 Å². The van der Waals surface area contributed by atoms with Crippen molar-refractivity contribution in [2.24, 2.45) is 22.4 Å². The van der Waals surface area contributed by atoms with E-state index in [1.807, 2.05) is 30.3 Å². The largest absolute Gasteiger partial charge is 0.386 e. The number of hydrogen-bond donors (Lipinski definition) is 3. The van der Waals surface area contributed by atoms with Crippen LogP contribution in [0.2, 0.25) is 0 Å². The summed E-state index contributed by atoms with van der Waals surface area (Å²) in [6, 6.07) is 9.06. The van der Waals surface area contributed by atoms with Gasteiger partial charge in [-0.1, -0.05) is 30.3 Å². The highest BCUT2D eigenvalue weighted by molar-refractivity contribution is 7.80. The molecule has 0 fully saturated rings. The summed E-state index contributed by atoms with van der Waals surface area (Å²) in [5.74, 6) is -1.03. The number of nitrogens with two attached hydrogens (primary N) is 2. The van der Waals surface area contributed by atoms with Crippen LogP contribution in [0.3, 0.4) is 0 Å². The van der Waals surface area contributed by atoms with E-state index < -0.39 is 11.8 Å². The van der Waals surface area contributed by atoms with Gasteiger partial charge >= 0.3 is 0 Å². The van der Waals surface area contributed by atoms with Crippen molar-refractivity contribution in [3.63, 3.8) is 0 Å². The number of aliphatic imine (C=N–C) groups is 1. The van der Waals surface area contributed by atoms with Crippen LogP contribution in [-0.2, 0) is 4.79 Å². The monoisotopic (exact) mass is 248 g/mol. The number of benzene rings is 1. The number of nitrogens with one attached hydrogen (secondary N) is 1. The molecule has 0 saturated heterocycles. The minimum atomic E-state index is -0.677. The molecule has 1 aromatic carbocycles. The molecule has 0 aliphatic carbocycles. The fraction of sp³-hybridized carbons (Fsp3) is 0.182. The average molecular weight is 248 g/mol. The maximum atomic E-state index is 11.4. The van der Waals surface area contributed by atoms with E-state index in [2.05, 4.69) is 10.3 Å². The normalized spacial score (nSPS) is 23.8. The SMILES string of the molecule is NC(=O)C1C(N)=NC(=S)NC1c1ccccc1. The van der Waals surface area contributed by atoms with Crippen molar-refractivity contribution < 1.29 is 4.79 Å². The Labute approximate surface area is 104 Å². The Morgan fingerprint density at radius 2 is 2.00 bits per heavy atom. The molecule has 17 heavy (non-hydrogen) atoms. The average Bonchev–Trinajstić information content (AvgIpc) is 2.28. The molecule has 2 unspecified atom stereocenters. The molecular formula is C11H12N4OS. The van der Waals surface area contributed by atoms with Gasteiger partial charge in [0.1, 0.15) is 11.8 Å². The van der Waals surface area contributed by atoms with Crippen molar-refractivity contribution >= 4 is 29.1 Å². The molecule has 0 bridgehead atoms. The summed E-state index contributed by atoms with van der Waals surface area (Å²) in [5.41, 5.74) is 12.0. The van der Waals surface area contributed by atoms with E-state index in [1.54, 1.807) is 0 Å². The summed E-state index contributed by atoms with van der Waals surface area (Å²) >= 11 is 4.97. The van der Waals surface area contributed by atoms with Gasteiger partial charge in [-0.25, -0.2) is 4.99 Å². The number of amidine groups is 1. The molecule has 2 rings (SSSR count). The van der Waals surface area contributed by atoms with Gasteiger partial charge in [0.05, 0.1) is 6.04 Å². The summed E-state index contributed by atoms with van der Waals surface area (Å²) in [6.07, 6.45) is 0. The Kier molecular flexibility index (Phi) is 3.06. The van der Waals surface area contributed by atoms with Gasteiger partial charge < -0.3 is 16.8 Å². The lowest BCUT2D eigenvalue weighted by molar-refractivity contribution is -0.120. The molecule has 5 nitrogen and oxygen atoms in total. The predicted molar refractivity (Wildman–Crippen MR) is 69.2 cm³/mol. The fourth-order valence-corrected chi connectivity index (χ4v) is 2.08. The minimum absolute atomic E-state index is 0.162. The first kappa shape index (κ1) is 11.5. The topological polar surface area (TPSA) is 93.5 Å². The van der Waals surface area contributed by atoms with E-state index >= 15 is 0 Å². The van der Waals surface area contributed by atoms with E-state index in [1.165, 1.54) is 0 Å². The number of amides is 1. The highest BCUT2D eigenvalue weighted by Gasteiger charge is 2.34. The van der Waals surface area contributed by atoms with Gasteiger partial charge in [0.25, 0.3) is 0 Å². The highest BCUT2D eigenvalue weighted by Crippen LogP contribution is 2.25. The molecule has 0 radical (unpaired) electrons. The number of nitrogens with zero attached hydrogens (tertiary/aromatic N) is 1. The van der Waals surface area contributed by atoms with E-state index in [0.717, 1.165) is 5.56 Å². The van der Waals surface area contributed by atoms with Gasteiger partial charge in [-0.2, -0.15) is 0 Å². The summed E-state index contributed by atoms with van der Waals surface area (Å²) in [6.45, 7) is 0. The maximum absolute atomic E-state index is 11.4. The van der Waals surface area contributed by atoms with Crippen molar-refractivity contribution in [2.45, 2.75) is 6.04 Å². The van der Waals surface area contributed by atoms with Gasteiger partial charge in [-0.05, 0) is 17.8 Å². The summed E-state index contributed by atoms with van der Waals surface area (Å²) in [7, 11) is 0. The second kappa shape index (κ2) is 4.50. The van der Waals surface area contributed by atoms with Crippen LogP contribution in [0.5, 0.6) is 0 Å². The predicted octanol–water partition coefficient (Wildman–Crippen LogP) is 0.0745. The zero-order valence-electron chi connectivity index (χ0n) is 8.96. The number of carbonyl (C=O) groups excluding carboxylic acids is 1. The van der Waals surface area contributed by atoms with Crippen LogP contribution in [-0.4, -0.2) is 16.9 Å². The third-order valence-corrected chi connectivity index (χ3v) is 2.84. The molecule has 2 atom stereocenters. The highest BCUT2D eigenvalue weighted by atomic mass is 32.1. The molecule has 5 N–H and O–H groups in total. The smallest absolute Gasteiger partial charge is 0.230 e. The third-order valence-electron chi connectivity index (χ3n) is 2.63. The Bertz CT molecular complexity index is 486. The Hall–Kier alpha value is -1.95. The Balaban J connectivity index is 2.42. The molecule has 0 spiro atoms. The van der Waals surface area contributed by atoms with Crippen LogP contribution in [0.4, 0.5) is 0 Å². The number of rotatable bonds is 2. The second-order valence-electron chi connectivity index (χ2n) is 3.75. The quantitative estimate of drug-likeness (QED) is 0.646. The standard InChI is InChI=1S/C11H12N4OS/c12-9-7(10(13)16)8(14-11(17)15-9)6-4-2-1-3-5-6/h1-5,7-8H,(H2,13,16)(H3,12,14,15,17). The molecule has 1 aromatic rings. The fourth-order valence-electron chi connectivity index (χ4n) is 1.85. The van der Waals surface area contributed by atoms with Gasteiger partial charge in [0, 0.05) is 0 Å². The lowest BCUT2D eigenvalue weighted by Gasteiger charge is -2.29. The van der Waals surface area contributed by atoms with Gasteiger partial charge in [-0.3, -0.25) is 4.79 Å². The van der Waals surface area contributed by atoms with E-state index in [4.69, 9.17) is 23.7 Å². The summed E-state index contributed by atoms with van der Waals surface area (Å²) < 4.78 is 0. The van der Waals surface area contributed by atoms with Gasteiger partial charge in [0.2, 0.25) is 5.91 Å². The van der Waals surface area contributed by atoms with E-state index in [-0.39, 0.29) is 17.0 Å². The van der Waals surface area contributed by atoms with Crippen LogP contribution in [0.15, 0.2) is 35.3 Å². The van der Waals surface area contributed by atoms with Crippen LogP contribution < -0.4 is 16.8 Å². The van der Waals surface area contributed by atoms with Crippen LogP contribution in [0.1, 0.15) is 11.6 Å².